The van der Waals surface area contributed by atoms with Crippen LogP contribution in [0.5, 0.6) is 11.5 Å². The molecule has 4 aromatic rings. The number of methoxy groups -OCH3 is 1. The van der Waals surface area contributed by atoms with Crippen LogP contribution >= 0.6 is 11.3 Å². The molecule has 30 heavy (non-hydrogen) atoms. The molecule has 0 spiro atoms. The summed E-state index contributed by atoms with van der Waals surface area (Å²) < 4.78 is 12.6. The Kier molecular flexibility index (Phi) is 4.99. The molecular weight excluding hydrogens is 394 g/mol. The molecule has 0 unspecified atom stereocenters. The van der Waals surface area contributed by atoms with Gasteiger partial charge in [0.2, 0.25) is 0 Å². The molecule has 5 nitrogen and oxygen atoms in total. The Morgan fingerprint density at radius 1 is 1.10 bits per heavy atom. The molecule has 6 heteroatoms. The zero-order valence-corrected chi connectivity index (χ0v) is 17.4. The van der Waals surface area contributed by atoms with Gasteiger partial charge in [-0.1, -0.05) is 18.2 Å². The van der Waals surface area contributed by atoms with Crippen LogP contribution in [-0.2, 0) is 0 Å². The van der Waals surface area contributed by atoms with E-state index in [9.17, 15) is 0 Å². The summed E-state index contributed by atoms with van der Waals surface area (Å²) in [5.41, 5.74) is 5.43. The minimum Gasteiger partial charge on any atom is -0.497 e. The van der Waals surface area contributed by atoms with Crippen LogP contribution in [0.4, 0.5) is 0 Å². The molecule has 3 heterocycles. The summed E-state index contributed by atoms with van der Waals surface area (Å²) in [5, 5.41) is 4.30. The molecule has 0 saturated heterocycles. The smallest absolute Gasteiger partial charge is 0.130 e. The van der Waals surface area contributed by atoms with Crippen LogP contribution in [0.1, 0.15) is 4.88 Å². The topological polar surface area (TPSA) is 46.6 Å². The summed E-state index contributed by atoms with van der Waals surface area (Å²) in [6, 6.07) is 18.4. The Morgan fingerprint density at radius 2 is 2.03 bits per heavy atom. The third-order valence-electron chi connectivity index (χ3n) is 4.98. The first kappa shape index (κ1) is 18.5. The summed E-state index contributed by atoms with van der Waals surface area (Å²) in [7, 11) is 1.65. The van der Waals surface area contributed by atoms with E-state index in [1.807, 2.05) is 35.5 Å². The minimum atomic E-state index is 0.544. The van der Waals surface area contributed by atoms with E-state index < -0.39 is 0 Å². The lowest BCUT2D eigenvalue weighted by atomic mass is 10.2. The molecular formula is C24H21N3O2S. The standard InChI is InChI=1S/C24H21N3O2S/c1-28-18-8-9-19-21(16-18)25-11-10-22(19)29-14-13-27-12-4-6-20(26-27)24-15-17-5-2-3-7-23(17)30-24/h2-12,15-16,26H,13-14H2,1H3. The van der Waals surface area contributed by atoms with Gasteiger partial charge in [-0.3, -0.25) is 15.4 Å². The highest BCUT2D eigenvalue weighted by atomic mass is 32.1. The molecule has 1 aliphatic rings. The Bertz CT molecular complexity index is 1230. The third kappa shape index (κ3) is 3.69. The number of benzene rings is 2. The van der Waals surface area contributed by atoms with Crippen molar-refractivity contribution in [3.8, 4) is 11.5 Å². The number of thiophene rings is 1. The van der Waals surface area contributed by atoms with E-state index in [0.717, 1.165) is 28.1 Å². The van der Waals surface area contributed by atoms with Gasteiger partial charge in [-0.2, -0.15) is 0 Å². The molecule has 0 atom stereocenters. The number of hydrogen-bond acceptors (Lipinski definition) is 6. The molecule has 5 rings (SSSR count). The number of hydrazine groups is 1. The van der Waals surface area contributed by atoms with Crippen molar-refractivity contribution >= 4 is 38.0 Å². The second-order valence-corrected chi connectivity index (χ2v) is 8.00. The van der Waals surface area contributed by atoms with Crippen LogP contribution in [0.15, 0.2) is 79.1 Å². The lowest BCUT2D eigenvalue weighted by Crippen LogP contribution is -2.36. The number of nitrogens with one attached hydrogen (secondary N) is 1. The largest absolute Gasteiger partial charge is 0.497 e. The first-order chi connectivity index (χ1) is 14.8. The second kappa shape index (κ2) is 8.08. The fourth-order valence-electron chi connectivity index (χ4n) is 3.46. The Labute approximate surface area is 178 Å². The van der Waals surface area contributed by atoms with E-state index in [0.29, 0.717) is 13.2 Å². The Balaban J connectivity index is 1.24. The van der Waals surface area contributed by atoms with Crippen LogP contribution in [-0.4, -0.2) is 30.3 Å². The molecule has 2 aromatic carbocycles. The average Bonchev–Trinajstić information content (AvgIpc) is 3.23. The van der Waals surface area contributed by atoms with Gasteiger partial charge in [0.1, 0.15) is 18.1 Å². The van der Waals surface area contributed by atoms with Crippen LogP contribution in [0.25, 0.3) is 26.7 Å². The van der Waals surface area contributed by atoms with E-state index in [1.54, 1.807) is 24.6 Å². The molecule has 150 valence electrons. The lowest BCUT2D eigenvalue weighted by molar-refractivity contribution is 0.233. The normalized spacial score (nSPS) is 13.4. The van der Waals surface area contributed by atoms with Gasteiger partial charge in [-0.25, -0.2) is 0 Å². The summed E-state index contributed by atoms with van der Waals surface area (Å²) in [5.74, 6) is 1.61. The highest BCUT2D eigenvalue weighted by molar-refractivity contribution is 7.20. The number of nitrogens with zero attached hydrogens (tertiary/aromatic N) is 2. The Morgan fingerprint density at radius 3 is 2.93 bits per heavy atom. The minimum absolute atomic E-state index is 0.544. The highest BCUT2D eigenvalue weighted by Crippen LogP contribution is 2.30. The molecule has 0 radical (unpaired) electrons. The number of ether oxygens (including phenoxy) is 2. The van der Waals surface area contributed by atoms with Gasteiger partial charge >= 0.3 is 0 Å². The number of hydrogen-bond donors (Lipinski definition) is 1. The molecule has 1 aliphatic heterocycles. The van der Waals surface area contributed by atoms with Crippen molar-refractivity contribution < 1.29 is 9.47 Å². The van der Waals surface area contributed by atoms with Gasteiger partial charge in [0.05, 0.1) is 29.7 Å². The van der Waals surface area contributed by atoms with Gasteiger partial charge in [-0.15, -0.1) is 11.3 Å². The monoisotopic (exact) mass is 415 g/mol. The zero-order valence-electron chi connectivity index (χ0n) is 16.5. The molecule has 2 aromatic heterocycles. The zero-order chi connectivity index (χ0) is 20.3. The number of aromatic nitrogens is 1. The van der Waals surface area contributed by atoms with Gasteiger partial charge < -0.3 is 9.47 Å². The third-order valence-corrected chi connectivity index (χ3v) is 6.13. The molecule has 0 fully saturated rings. The number of pyridine rings is 1. The molecule has 0 bridgehead atoms. The predicted octanol–water partition coefficient (Wildman–Crippen LogP) is 5.21. The predicted molar refractivity (Wildman–Crippen MR) is 123 cm³/mol. The highest BCUT2D eigenvalue weighted by Gasteiger charge is 2.12. The molecule has 1 N–H and O–H groups in total. The average molecular weight is 416 g/mol. The van der Waals surface area contributed by atoms with Crippen molar-refractivity contribution in [2.45, 2.75) is 0 Å². The molecule has 0 amide bonds. The van der Waals surface area contributed by atoms with E-state index in [4.69, 9.17) is 9.47 Å². The maximum Gasteiger partial charge on any atom is 0.130 e. The summed E-state index contributed by atoms with van der Waals surface area (Å²) in [6.07, 6.45) is 7.95. The number of rotatable bonds is 6. The van der Waals surface area contributed by atoms with Crippen LogP contribution in [0, 0.1) is 0 Å². The lowest BCUT2D eigenvalue weighted by Gasteiger charge is -2.26. The SMILES string of the molecule is COc1ccc2c(OCCN3C=CC=C(c4cc5ccccc5s4)N3)ccnc2c1. The number of fused-ring (bicyclic) bond motifs is 2. The molecule has 0 saturated carbocycles. The fourth-order valence-corrected chi connectivity index (χ4v) is 4.50. The van der Waals surface area contributed by atoms with E-state index >= 15 is 0 Å². The summed E-state index contributed by atoms with van der Waals surface area (Å²) >= 11 is 1.79. The van der Waals surface area contributed by atoms with E-state index in [-0.39, 0.29) is 0 Å². The van der Waals surface area contributed by atoms with Crippen LogP contribution in [0.3, 0.4) is 0 Å². The quantitative estimate of drug-likeness (QED) is 0.468. The second-order valence-electron chi connectivity index (χ2n) is 6.92. The van der Waals surface area contributed by atoms with E-state index in [2.05, 4.69) is 52.9 Å². The van der Waals surface area contributed by atoms with Crippen molar-refractivity contribution in [1.82, 2.24) is 15.4 Å². The summed E-state index contributed by atoms with van der Waals surface area (Å²) in [4.78, 5) is 5.63. The summed E-state index contributed by atoms with van der Waals surface area (Å²) in [6.45, 7) is 1.25. The first-order valence-electron chi connectivity index (χ1n) is 9.76. The van der Waals surface area contributed by atoms with Gasteiger partial charge in [0.15, 0.2) is 0 Å². The Hall–Kier alpha value is -3.51. The first-order valence-corrected chi connectivity index (χ1v) is 10.6. The van der Waals surface area contributed by atoms with Crippen molar-refractivity contribution in [2.24, 2.45) is 0 Å². The van der Waals surface area contributed by atoms with Crippen molar-refractivity contribution in [1.29, 1.82) is 0 Å². The van der Waals surface area contributed by atoms with E-state index in [1.165, 1.54) is 15.0 Å². The van der Waals surface area contributed by atoms with Gasteiger partial charge in [-0.05, 0) is 47.9 Å². The van der Waals surface area contributed by atoms with Gasteiger partial charge in [0.25, 0.3) is 0 Å². The fraction of sp³-hybridized carbons (Fsp3) is 0.125. The van der Waals surface area contributed by atoms with Gasteiger partial charge in [0, 0.05) is 28.5 Å². The van der Waals surface area contributed by atoms with Crippen molar-refractivity contribution in [3.63, 3.8) is 0 Å². The number of allylic oxidation sites excluding steroid dienone is 2. The van der Waals surface area contributed by atoms with Crippen molar-refractivity contribution in [2.75, 3.05) is 20.3 Å². The maximum absolute atomic E-state index is 6.07. The van der Waals surface area contributed by atoms with Crippen molar-refractivity contribution in [3.05, 3.63) is 84.0 Å². The maximum atomic E-state index is 6.07. The van der Waals surface area contributed by atoms with Crippen LogP contribution in [0.2, 0.25) is 0 Å². The molecule has 0 aliphatic carbocycles. The van der Waals surface area contributed by atoms with Crippen LogP contribution < -0.4 is 14.9 Å².